The van der Waals surface area contributed by atoms with Crippen LogP contribution < -0.4 is 14.5 Å². The second kappa shape index (κ2) is 11.9. The van der Waals surface area contributed by atoms with Gasteiger partial charge in [0.1, 0.15) is 11.4 Å². The van der Waals surface area contributed by atoms with Crippen molar-refractivity contribution in [3.63, 3.8) is 0 Å². The van der Waals surface area contributed by atoms with Crippen LogP contribution in [0.4, 0.5) is 51.7 Å². The van der Waals surface area contributed by atoms with E-state index in [-0.39, 0.29) is 31.4 Å². The van der Waals surface area contributed by atoms with Gasteiger partial charge in [-0.3, -0.25) is 9.80 Å². The Morgan fingerprint density at radius 1 is 1.05 bits per heavy atom. The van der Waals surface area contributed by atoms with Crippen LogP contribution in [0.25, 0.3) is 0 Å². The second-order valence-electron chi connectivity index (χ2n) is 8.79. The Kier molecular flexibility index (Phi) is 9.29. The fraction of sp³-hybridized carbons (Fsp3) is 0.440. The first-order valence-electron chi connectivity index (χ1n) is 11.9. The molecule has 39 heavy (non-hydrogen) atoms. The minimum Gasteiger partial charge on any atom is -0.407 e. The number of nitrogens with zero attached hydrogens (tertiary/aromatic N) is 3. The summed E-state index contributed by atoms with van der Waals surface area (Å²) in [4.78, 5) is 29.2. The molecule has 0 atom stereocenters. The molecule has 1 aliphatic heterocycles. The van der Waals surface area contributed by atoms with E-state index in [9.17, 15) is 40.3 Å². The molecule has 0 aliphatic carbocycles. The van der Waals surface area contributed by atoms with E-state index in [1.54, 1.807) is 0 Å². The largest absolute Gasteiger partial charge is 0.420 e. The molecule has 0 unspecified atom stereocenters. The first kappa shape index (κ1) is 30.4. The van der Waals surface area contributed by atoms with Crippen molar-refractivity contribution < 1.29 is 45.1 Å². The highest BCUT2D eigenvalue weighted by Crippen LogP contribution is 2.47. The highest BCUT2D eigenvalue weighted by molar-refractivity contribution is 7.99. The smallest absolute Gasteiger partial charge is 0.407 e. The Bertz CT molecular complexity index is 1190. The molecular formula is C25H26F7N3O3S. The first-order valence-corrected chi connectivity index (χ1v) is 13.0. The predicted molar refractivity (Wildman–Crippen MR) is 134 cm³/mol. The first-order chi connectivity index (χ1) is 18.1. The van der Waals surface area contributed by atoms with Crippen molar-refractivity contribution in [2.45, 2.75) is 39.2 Å². The van der Waals surface area contributed by atoms with E-state index >= 15 is 0 Å². The van der Waals surface area contributed by atoms with Crippen LogP contribution in [0.3, 0.4) is 0 Å². The van der Waals surface area contributed by atoms with Crippen molar-refractivity contribution in [1.29, 1.82) is 0 Å². The van der Waals surface area contributed by atoms with Crippen molar-refractivity contribution in [3.8, 4) is 5.75 Å². The van der Waals surface area contributed by atoms with Gasteiger partial charge < -0.3 is 9.64 Å². The lowest BCUT2D eigenvalue weighted by Crippen LogP contribution is -2.40. The van der Waals surface area contributed by atoms with Gasteiger partial charge in [-0.1, -0.05) is 6.92 Å². The summed E-state index contributed by atoms with van der Waals surface area (Å²) >= 11 is 1.51. The Balaban J connectivity index is 2.13. The minimum atomic E-state index is -5.37. The van der Waals surface area contributed by atoms with Crippen LogP contribution in [-0.4, -0.2) is 54.2 Å². The van der Waals surface area contributed by atoms with Crippen LogP contribution in [0.5, 0.6) is 5.75 Å². The number of hydrogen-bond donors (Lipinski definition) is 0. The highest BCUT2D eigenvalue weighted by Gasteiger charge is 2.44. The zero-order valence-electron chi connectivity index (χ0n) is 21.2. The van der Waals surface area contributed by atoms with Gasteiger partial charge in [0.2, 0.25) is 0 Å². The van der Waals surface area contributed by atoms with Crippen molar-refractivity contribution >= 4 is 35.3 Å². The standard InChI is InChI=1S/C25H26F7N3O3S/c1-4-39-12-11-33-9-10-34(22(33)36)20-14-16(24(27,28)29)13-19(25(30,31)32)21(20)38-23(37)35(15(2)3)18-7-5-17(26)6-8-18/h5-8,13-15H,4,9-12H2,1-3H3. The fourth-order valence-electron chi connectivity index (χ4n) is 3.98. The lowest BCUT2D eigenvalue weighted by atomic mass is 10.1. The normalized spacial score (nSPS) is 14.4. The molecule has 3 rings (SSSR count). The molecule has 14 heteroatoms. The third kappa shape index (κ3) is 7.08. The number of amides is 3. The molecule has 3 amide bonds. The van der Waals surface area contributed by atoms with Crippen molar-refractivity contribution in [1.82, 2.24) is 4.90 Å². The van der Waals surface area contributed by atoms with E-state index in [1.165, 1.54) is 42.6 Å². The highest BCUT2D eigenvalue weighted by atomic mass is 32.2. The summed E-state index contributed by atoms with van der Waals surface area (Å²) in [5, 5.41) is 0. The monoisotopic (exact) mass is 581 g/mol. The SMILES string of the molecule is CCSCCN1CCN(c2cc(C(F)(F)F)cc(C(F)(F)F)c2OC(=O)N(c2ccc(F)cc2)C(C)C)C1=O. The van der Waals surface area contributed by atoms with Crippen molar-refractivity contribution in [3.05, 3.63) is 53.3 Å². The zero-order valence-corrected chi connectivity index (χ0v) is 22.0. The van der Waals surface area contributed by atoms with Gasteiger partial charge in [0.25, 0.3) is 0 Å². The topological polar surface area (TPSA) is 53.1 Å². The van der Waals surface area contributed by atoms with E-state index in [2.05, 4.69) is 0 Å². The Hall–Kier alpha value is -3.16. The number of urea groups is 1. The van der Waals surface area contributed by atoms with Gasteiger partial charge in [-0.15, -0.1) is 0 Å². The number of ether oxygens (including phenoxy) is 1. The molecule has 2 aromatic rings. The molecule has 214 valence electrons. The molecule has 0 spiro atoms. The Morgan fingerprint density at radius 2 is 1.69 bits per heavy atom. The fourth-order valence-corrected chi connectivity index (χ4v) is 4.62. The van der Waals surface area contributed by atoms with Gasteiger partial charge in [0.05, 0.1) is 11.3 Å². The van der Waals surface area contributed by atoms with Gasteiger partial charge >= 0.3 is 24.5 Å². The molecule has 0 bridgehead atoms. The number of benzene rings is 2. The number of alkyl halides is 6. The molecule has 2 aromatic carbocycles. The number of anilines is 2. The molecule has 1 saturated heterocycles. The molecule has 0 radical (unpaired) electrons. The number of carbonyl (C=O) groups is 2. The van der Waals surface area contributed by atoms with E-state index in [0.717, 1.165) is 27.7 Å². The lowest BCUT2D eigenvalue weighted by Gasteiger charge is -2.29. The summed E-state index contributed by atoms with van der Waals surface area (Å²) < 4.78 is 102. The Labute approximate surface area is 224 Å². The summed E-state index contributed by atoms with van der Waals surface area (Å²) in [6.45, 7) is 5.00. The number of halogens is 7. The average molecular weight is 582 g/mol. The number of hydrogen-bond acceptors (Lipinski definition) is 4. The number of rotatable bonds is 8. The molecule has 0 aromatic heterocycles. The van der Waals surface area contributed by atoms with Crippen molar-refractivity contribution in [2.75, 3.05) is 40.9 Å². The maximum Gasteiger partial charge on any atom is 0.420 e. The van der Waals surface area contributed by atoms with Crippen LogP contribution in [0.15, 0.2) is 36.4 Å². The summed E-state index contributed by atoms with van der Waals surface area (Å²) in [6, 6.07) is 3.16. The van der Waals surface area contributed by atoms with Crippen LogP contribution in [0, 0.1) is 5.82 Å². The van der Waals surface area contributed by atoms with Crippen LogP contribution >= 0.6 is 11.8 Å². The molecule has 1 fully saturated rings. The quantitative estimate of drug-likeness (QED) is 0.243. The predicted octanol–water partition coefficient (Wildman–Crippen LogP) is 7.27. The summed E-state index contributed by atoms with van der Waals surface area (Å²) in [5.74, 6) is -0.578. The second-order valence-corrected chi connectivity index (χ2v) is 10.2. The van der Waals surface area contributed by atoms with Gasteiger partial charge in [0, 0.05) is 37.1 Å². The third-order valence-electron chi connectivity index (χ3n) is 5.80. The van der Waals surface area contributed by atoms with Gasteiger partial charge in [-0.05, 0) is 56.0 Å². The maximum atomic E-state index is 14.1. The van der Waals surface area contributed by atoms with Crippen molar-refractivity contribution in [2.24, 2.45) is 0 Å². The van der Waals surface area contributed by atoms with E-state index in [4.69, 9.17) is 4.74 Å². The maximum absolute atomic E-state index is 14.1. The molecule has 0 N–H and O–H groups in total. The van der Waals surface area contributed by atoms with Crippen LogP contribution in [0.2, 0.25) is 0 Å². The molecule has 1 aliphatic rings. The summed E-state index contributed by atoms with van der Waals surface area (Å²) in [7, 11) is 0. The van der Waals surface area contributed by atoms with Gasteiger partial charge in [0.15, 0.2) is 5.75 Å². The van der Waals surface area contributed by atoms with Crippen LogP contribution in [0.1, 0.15) is 31.9 Å². The van der Waals surface area contributed by atoms with E-state index < -0.39 is 58.9 Å². The van der Waals surface area contributed by atoms with Gasteiger partial charge in [-0.25, -0.2) is 14.0 Å². The van der Waals surface area contributed by atoms with Gasteiger partial charge in [-0.2, -0.15) is 38.1 Å². The number of thioether (sulfide) groups is 1. The molecule has 6 nitrogen and oxygen atoms in total. The average Bonchev–Trinajstić information content (AvgIpc) is 3.19. The lowest BCUT2D eigenvalue weighted by molar-refractivity contribution is -0.143. The molecular weight excluding hydrogens is 555 g/mol. The van der Waals surface area contributed by atoms with E-state index in [0.29, 0.717) is 11.8 Å². The zero-order chi connectivity index (χ0) is 29.1. The van der Waals surface area contributed by atoms with E-state index in [1.807, 2.05) is 6.92 Å². The summed E-state index contributed by atoms with van der Waals surface area (Å²) in [6.07, 6.45) is -11.9. The molecule has 1 heterocycles. The third-order valence-corrected chi connectivity index (χ3v) is 6.68. The summed E-state index contributed by atoms with van der Waals surface area (Å²) in [5.41, 5.74) is -4.27. The van der Waals surface area contributed by atoms with Crippen LogP contribution in [-0.2, 0) is 12.4 Å². The minimum absolute atomic E-state index is 0.0573. The molecule has 0 saturated carbocycles. The number of carbonyl (C=O) groups excluding carboxylic acids is 2. The Morgan fingerprint density at radius 3 is 2.23 bits per heavy atom.